The van der Waals surface area contributed by atoms with Crippen molar-refractivity contribution < 1.29 is 72.5 Å². The normalized spacial score (nSPS) is 24.4. The summed E-state index contributed by atoms with van der Waals surface area (Å²) in [6.45, 7) is 11.7. The van der Waals surface area contributed by atoms with Crippen molar-refractivity contribution in [2.45, 2.75) is 121 Å². The number of carbonyl (C=O) groups is 5. The number of esters is 4. The molecule has 0 aliphatic carbocycles. The molecule has 20 heteroatoms. The van der Waals surface area contributed by atoms with Crippen molar-refractivity contribution in [3.05, 3.63) is 140 Å². The maximum Gasteiger partial charge on any atom is 0.346 e. The van der Waals surface area contributed by atoms with E-state index in [1.54, 1.807) is 0 Å². The minimum absolute atomic E-state index is 0.154. The minimum Gasteiger partial charge on any atom is -0.459 e. The van der Waals surface area contributed by atoms with E-state index in [2.05, 4.69) is 22.5 Å². The summed E-state index contributed by atoms with van der Waals surface area (Å²) in [6.07, 6.45) is -4.35. The predicted octanol–water partition coefficient (Wildman–Crippen LogP) is 6.90. The van der Waals surface area contributed by atoms with Crippen molar-refractivity contribution in [3.8, 4) is 0 Å². The van der Waals surface area contributed by atoms with E-state index in [0.29, 0.717) is 12.8 Å². The molecule has 2 fully saturated rings. The predicted molar refractivity (Wildman–Crippen MR) is 252 cm³/mol. The number of nitro benzene ring substituents is 2. The summed E-state index contributed by atoms with van der Waals surface area (Å²) in [4.78, 5) is 91.9. The molecule has 5 rings (SSSR count). The van der Waals surface area contributed by atoms with Gasteiger partial charge in [0.1, 0.15) is 25.4 Å². The molecule has 0 spiro atoms. The molecule has 2 saturated heterocycles. The SMILES string of the molecule is C=C(CC[C@@]12O[C@H](C(=O)CBr)[C@@](O)(C(=O)OCc3ccc([N+](=O)[O-])cc3)[C@@](C(=O)OCc3ccc([N+](=O)[O-])cc3)(O1)[C@H](OC(=O)/C=C/[C@@H](C)C[C@@H](C)CC)[C@H]2O)[C@@H](OC(C)=O)[C@H](C)Cc1ccccc1. The quantitative estimate of drug-likeness (QED) is 0.0176. The number of hydrogen-bond donors (Lipinski definition) is 2. The Morgan fingerprint density at radius 1 is 0.871 bits per heavy atom. The van der Waals surface area contributed by atoms with Crippen LogP contribution in [0.1, 0.15) is 77.0 Å². The Morgan fingerprint density at radius 2 is 1.43 bits per heavy atom. The zero-order valence-electron chi connectivity index (χ0n) is 39.4. The van der Waals surface area contributed by atoms with Gasteiger partial charge in [-0.2, -0.15) is 0 Å². The van der Waals surface area contributed by atoms with Crippen LogP contribution in [0.15, 0.2) is 103 Å². The lowest BCUT2D eigenvalue weighted by molar-refractivity contribution is -0.385. The Bertz CT molecular complexity index is 2430. The topological polar surface area (TPSA) is 267 Å². The van der Waals surface area contributed by atoms with Crippen LogP contribution in [-0.4, -0.2) is 96.5 Å². The van der Waals surface area contributed by atoms with Crippen molar-refractivity contribution in [1.29, 1.82) is 0 Å². The van der Waals surface area contributed by atoms with Crippen LogP contribution in [0, 0.1) is 38.0 Å². The van der Waals surface area contributed by atoms with Gasteiger partial charge in [-0.25, -0.2) is 14.4 Å². The zero-order valence-corrected chi connectivity index (χ0v) is 40.9. The smallest absolute Gasteiger partial charge is 0.346 e. The molecule has 2 bridgehead atoms. The van der Waals surface area contributed by atoms with Gasteiger partial charge in [0.2, 0.25) is 11.4 Å². The molecule has 0 radical (unpaired) electrons. The van der Waals surface area contributed by atoms with E-state index < -0.39 is 106 Å². The molecule has 376 valence electrons. The van der Waals surface area contributed by atoms with Crippen molar-refractivity contribution in [2.75, 3.05) is 5.33 Å². The molecule has 10 atom stereocenters. The molecule has 0 saturated carbocycles. The number of non-ortho nitro benzene ring substituents is 2. The molecular weight excluding hydrogens is 980 g/mol. The molecule has 2 heterocycles. The second kappa shape index (κ2) is 23.6. The fraction of sp³-hybridized carbons (Fsp3) is 0.460. The molecule has 0 unspecified atom stereocenters. The van der Waals surface area contributed by atoms with Crippen molar-refractivity contribution >= 4 is 57.0 Å². The summed E-state index contributed by atoms with van der Waals surface area (Å²) in [5, 5.41) is 47.7. The van der Waals surface area contributed by atoms with E-state index in [1.165, 1.54) is 37.3 Å². The van der Waals surface area contributed by atoms with Gasteiger partial charge in [-0.15, -0.1) is 0 Å². The lowest BCUT2D eigenvalue weighted by Gasteiger charge is -2.50. The molecular formula is C50H57BrN2O17. The molecule has 3 aromatic rings. The Kier molecular flexibility index (Phi) is 18.5. The van der Waals surface area contributed by atoms with Crippen LogP contribution < -0.4 is 0 Å². The van der Waals surface area contributed by atoms with Crippen molar-refractivity contribution in [2.24, 2.45) is 17.8 Å². The van der Waals surface area contributed by atoms with Crippen LogP contribution in [-0.2, 0) is 72.0 Å². The maximum absolute atomic E-state index is 15.1. The minimum atomic E-state index is -3.66. The Balaban J connectivity index is 1.65. The van der Waals surface area contributed by atoms with Crippen LogP contribution in [0.25, 0.3) is 0 Å². The monoisotopic (exact) mass is 1040 g/mol. The van der Waals surface area contributed by atoms with E-state index in [-0.39, 0.29) is 52.2 Å². The summed E-state index contributed by atoms with van der Waals surface area (Å²) >= 11 is 3.06. The number of nitrogens with zero attached hydrogens (tertiary/aromatic N) is 2. The number of nitro groups is 2. The summed E-state index contributed by atoms with van der Waals surface area (Å²) in [5.74, 6) is -9.19. The van der Waals surface area contributed by atoms with Crippen molar-refractivity contribution in [1.82, 2.24) is 0 Å². The van der Waals surface area contributed by atoms with Crippen LogP contribution in [0.5, 0.6) is 0 Å². The van der Waals surface area contributed by atoms with Crippen LogP contribution in [0.2, 0.25) is 0 Å². The van der Waals surface area contributed by atoms with Gasteiger partial charge in [-0.05, 0) is 77.6 Å². The highest BCUT2D eigenvalue weighted by atomic mass is 79.9. The van der Waals surface area contributed by atoms with Crippen molar-refractivity contribution in [3.63, 3.8) is 0 Å². The third kappa shape index (κ3) is 12.2. The average molecular weight is 1040 g/mol. The molecule has 70 heavy (non-hydrogen) atoms. The number of aliphatic hydroxyl groups is 2. The second-order valence-corrected chi connectivity index (χ2v) is 18.3. The first kappa shape index (κ1) is 54.7. The highest BCUT2D eigenvalue weighted by Gasteiger charge is 2.86. The number of aliphatic hydroxyl groups excluding tert-OH is 1. The third-order valence-corrected chi connectivity index (χ3v) is 13.0. The van der Waals surface area contributed by atoms with Crippen LogP contribution >= 0.6 is 15.9 Å². The summed E-state index contributed by atoms with van der Waals surface area (Å²) in [6, 6.07) is 18.9. The fourth-order valence-corrected chi connectivity index (χ4v) is 8.93. The standard InChI is InChI=1S/C50H57BrN2O17/c1-7-30(2)25-31(3)13-22-41(56)68-45-43(57)48(24-23-32(4)42(67-34(6)54)33(5)26-35-11-9-8-10-12-35)69-44(40(55)27-51)49(60,46(58)65-28-36-14-18-38(19-15-36)52(61)62)50(45,70-48)47(59)66-29-37-16-20-39(21-17-37)53(63)64/h8-22,30-31,33,42-45,57,60H,4,7,23-29H2,1-3,5-6H3/b22-13+/t30-,31+,33+,42+,43+,44+,45+,48+,49+,50+/m0/s1. The molecule has 0 aromatic heterocycles. The molecule has 0 amide bonds. The van der Waals surface area contributed by atoms with Gasteiger partial charge < -0.3 is 38.6 Å². The molecule has 3 aromatic carbocycles. The number of fused-ring (bicyclic) bond motifs is 2. The summed E-state index contributed by atoms with van der Waals surface area (Å²) < 4.78 is 35.6. The first-order valence-electron chi connectivity index (χ1n) is 22.6. The highest BCUT2D eigenvalue weighted by Crippen LogP contribution is 2.57. The number of ether oxygens (including phenoxy) is 6. The van der Waals surface area contributed by atoms with Crippen LogP contribution in [0.3, 0.4) is 0 Å². The lowest BCUT2D eigenvalue weighted by atomic mass is 9.73. The molecule has 2 aliphatic rings. The van der Waals surface area contributed by atoms with E-state index in [0.717, 1.165) is 42.3 Å². The molecule has 19 nitrogen and oxygen atoms in total. The number of rotatable bonds is 24. The van der Waals surface area contributed by atoms with Gasteiger partial charge in [0.25, 0.3) is 17.0 Å². The van der Waals surface area contributed by atoms with Gasteiger partial charge in [-0.3, -0.25) is 29.8 Å². The summed E-state index contributed by atoms with van der Waals surface area (Å²) in [5.41, 5.74) is -6.15. The Hall–Kier alpha value is -6.19. The number of hydrogen-bond acceptors (Lipinski definition) is 17. The summed E-state index contributed by atoms with van der Waals surface area (Å²) in [7, 11) is 0. The second-order valence-electron chi connectivity index (χ2n) is 17.8. The first-order valence-corrected chi connectivity index (χ1v) is 23.7. The number of benzene rings is 3. The number of carbonyl (C=O) groups excluding carboxylic acids is 5. The van der Waals surface area contributed by atoms with Gasteiger partial charge in [-0.1, -0.05) is 93.0 Å². The van der Waals surface area contributed by atoms with E-state index >= 15 is 4.79 Å². The van der Waals surface area contributed by atoms with Gasteiger partial charge in [0, 0.05) is 49.6 Å². The Labute approximate surface area is 412 Å². The molecule has 2 N–H and O–H groups in total. The van der Waals surface area contributed by atoms with E-state index in [4.69, 9.17) is 28.4 Å². The van der Waals surface area contributed by atoms with Gasteiger partial charge in [0.05, 0.1) is 15.2 Å². The number of allylic oxidation sites excluding steroid dienone is 1. The zero-order chi connectivity index (χ0) is 51.6. The lowest BCUT2D eigenvalue weighted by Crippen LogP contribution is -2.78. The first-order chi connectivity index (χ1) is 33.1. The van der Waals surface area contributed by atoms with Crippen LogP contribution in [0.4, 0.5) is 11.4 Å². The number of alkyl halides is 1. The number of ketones is 1. The number of halogens is 1. The highest BCUT2D eigenvalue weighted by molar-refractivity contribution is 9.09. The van der Waals surface area contributed by atoms with E-state index in [1.807, 2.05) is 58.0 Å². The van der Waals surface area contributed by atoms with Gasteiger partial charge in [0.15, 0.2) is 18.0 Å². The Morgan fingerprint density at radius 3 is 1.94 bits per heavy atom. The largest absolute Gasteiger partial charge is 0.459 e. The van der Waals surface area contributed by atoms with E-state index in [9.17, 15) is 49.6 Å². The molecule has 2 aliphatic heterocycles. The average Bonchev–Trinajstić information content (AvgIpc) is 3.55. The number of Topliss-reactive ketones (excluding diaryl/α,β-unsaturated/α-hetero) is 1. The fourth-order valence-electron chi connectivity index (χ4n) is 8.64. The van der Waals surface area contributed by atoms with Gasteiger partial charge >= 0.3 is 23.9 Å². The third-order valence-electron chi connectivity index (χ3n) is 12.5. The maximum atomic E-state index is 15.1.